The Labute approximate surface area is 169 Å². The van der Waals surface area contributed by atoms with E-state index >= 15 is 0 Å². The molecule has 0 aromatic heterocycles. The minimum atomic E-state index is -3.74. The van der Waals surface area contributed by atoms with E-state index in [0.29, 0.717) is 17.2 Å². The number of carbonyl (C=O) groups is 1. The van der Waals surface area contributed by atoms with E-state index in [0.717, 1.165) is 16.1 Å². The monoisotopic (exact) mass is 422 g/mol. The van der Waals surface area contributed by atoms with Gasteiger partial charge in [-0.1, -0.05) is 6.07 Å². The van der Waals surface area contributed by atoms with E-state index in [1.807, 2.05) is 0 Å². The Morgan fingerprint density at radius 1 is 1.10 bits per heavy atom. The summed E-state index contributed by atoms with van der Waals surface area (Å²) >= 11 is 0. The molecule has 0 bridgehead atoms. The smallest absolute Gasteiger partial charge is 0.241 e. The number of amides is 1. The highest BCUT2D eigenvalue weighted by molar-refractivity contribution is 7.92. The van der Waals surface area contributed by atoms with Crippen molar-refractivity contribution >= 4 is 21.6 Å². The molecule has 1 amide bonds. The summed E-state index contributed by atoms with van der Waals surface area (Å²) in [5, 5.41) is 2.72. The summed E-state index contributed by atoms with van der Waals surface area (Å²) in [6, 6.07) is 10.0. The number of anilines is 1. The Bertz CT molecular complexity index is 1010. The van der Waals surface area contributed by atoms with Gasteiger partial charge in [-0.15, -0.1) is 0 Å². The van der Waals surface area contributed by atoms with Crippen LogP contribution in [0.5, 0.6) is 23.0 Å². The summed E-state index contributed by atoms with van der Waals surface area (Å²) in [5.74, 6) is 1.57. The van der Waals surface area contributed by atoms with Gasteiger partial charge in [0.25, 0.3) is 0 Å². The second-order valence-corrected chi connectivity index (χ2v) is 8.18. The number of fused-ring (bicyclic) bond motifs is 1. The topological polar surface area (TPSA) is 103 Å². The van der Waals surface area contributed by atoms with Crippen LogP contribution in [0.3, 0.4) is 0 Å². The first-order chi connectivity index (χ1) is 13.8. The van der Waals surface area contributed by atoms with Gasteiger partial charge in [-0.3, -0.25) is 9.10 Å². The van der Waals surface area contributed by atoms with Gasteiger partial charge in [0, 0.05) is 12.6 Å². The number of carbonyl (C=O) groups excluding carboxylic acids is 1. The lowest BCUT2D eigenvalue weighted by atomic mass is 10.2. The fourth-order valence-corrected chi connectivity index (χ4v) is 3.67. The molecular formula is C19H22N2O7S. The van der Waals surface area contributed by atoms with Crippen LogP contribution in [-0.4, -0.2) is 48.1 Å². The SMILES string of the molecule is COc1ccc(N(CC(=O)NCc2ccc3c(c2)OCO3)S(C)(=O)=O)c(OC)c1. The van der Waals surface area contributed by atoms with Crippen LogP contribution in [0, 0.1) is 0 Å². The molecule has 2 aromatic rings. The van der Waals surface area contributed by atoms with E-state index in [1.165, 1.54) is 20.3 Å². The van der Waals surface area contributed by atoms with Crippen molar-refractivity contribution in [3.63, 3.8) is 0 Å². The van der Waals surface area contributed by atoms with Gasteiger partial charge >= 0.3 is 0 Å². The van der Waals surface area contributed by atoms with Crippen molar-refractivity contribution in [2.75, 3.05) is 38.1 Å². The number of methoxy groups -OCH3 is 2. The minimum Gasteiger partial charge on any atom is -0.497 e. The van der Waals surface area contributed by atoms with E-state index < -0.39 is 22.5 Å². The van der Waals surface area contributed by atoms with Gasteiger partial charge < -0.3 is 24.3 Å². The third-order valence-electron chi connectivity index (χ3n) is 4.27. The van der Waals surface area contributed by atoms with Crippen molar-refractivity contribution in [3.8, 4) is 23.0 Å². The quantitative estimate of drug-likeness (QED) is 0.688. The Morgan fingerprint density at radius 2 is 1.86 bits per heavy atom. The van der Waals surface area contributed by atoms with E-state index in [1.54, 1.807) is 30.3 Å². The number of sulfonamides is 1. The molecule has 0 atom stereocenters. The molecule has 10 heteroatoms. The molecule has 0 spiro atoms. The van der Waals surface area contributed by atoms with Crippen molar-refractivity contribution in [1.82, 2.24) is 5.32 Å². The fourth-order valence-electron chi connectivity index (χ4n) is 2.81. The molecule has 1 aliphatic heterocycles. The Morgan fingerprint density at radius 3 is 2.55 bits per heavy atom. The van der Waals surface area contributed by atoms with E-state index in [-0.39, 0.29) is 24.8 Å². The van der Waals surface area contributed by atoms with Gasteiger partial charge in [0.15, 0.2) is 11.5 Å². The summed E-state index contributed by atoms with van der Waals surface area (Å²) in [5.41, 5.74) is 1.05. The molecule has 0 saturated carbocycles. The number of nitrogens with zero attached hydrogens (tertiary/aromatic N) is 1. The molecule has 1 N–H and O–H groups in total. The molecule has 3 rings (SSSR count). The average Bonchev–Trinajstić information content (AvgIpc) is 3.17. The highest BCUT2D eigenvalue weighted by Gasteiger charge is 2.24. The molecule has 1 heterocycles. The van der Waals surface area contributed by atoms with Crippen molar-refractivity contribution in [1.29, 1.82) is 0 Å². The van der Waals surface area contributed by atoms with Crippen molar-refractivity contribution in [2.24, 2.45) is 0 Å². The van der Waals surface area contributed by atoms with Crippen LogP contribution in [0.1, 0.15) is 5.56 Å². The highest BCUT2D eigenvalue weighted by atomic mass is 32.2. The van der Waals surface area contributed by atoms with Gasteiger partial charge in [-0.2, -0.15) is 0 Å². The van der Waals surface area contributed by atoms with Crippen molar-refractivity contribution in [3.05, 3.63) is 42.0 Å². The molecule has 1 aliphatic rings. The van der Waals surface area contributed by atoms with Crippen LogP contribution in [0.15, 0.2) is 36.4 Å². The maximum absolute atomic E-state index is 12.5. The lowest BCUT2D eigenvalue weighted by Crippen LogP contribution is -2.40. The van der Waals surface area contributed by atoms with Crippen LogP contribution in [0.25, 0.3) is 0 Å². The number of hydrogen-bond donors (Lipinski definition) is 1. The zero-order valence-corrected chi connectivity index (χ0v) is 17.1. The van der Waals surface area contributed by atoms with E-state index in [9.17, 15) is 13.2 Å². The Hall–Kier alpha value is -3.14. The number of ether oxygens (including phenoxy) is 4. The molecular weight excluding hydrogens is 400 g/mol. The molecule has 0 radical (unpaired) electrons. The van der Waals surface area contributed by atoms with Crippen LogP contribution in [0.4, 0.5) is 5.69 Å². The maximum Gasteiger partial charge on any atom is 0.241 e. The first-order valence-electron chi connectivity index (χ1n) is 8.67. The minimum absolute atomic E-state index is 0.165. The molecule has 9 nitrogen and oxygen atoms in total. The molecule has 29 heavy (non-hydrogen) atoms. The molecule has 156 valence electrons. The predicted octanol–water partition coefficient (Wildman–Crippen LogP) is 1.51. The molecule has 0 fully saturated rings. The summed E-state index contributed by atoms with van der Waals surface area (Å²) in [6.45, 7) is -0.0168. The average molecular weight is 422 g/mol. The number of rotatable bonds is 8. The highest BCUT2D eigenvalue weighted by Crippen LogP contribution is 2.34. The van der Waals surface area contributed by atoms with E-state index in [2.05, 4.69) is 5.32 Å². The van der Waals surface area contributed by atoms with Gasteiger partial charge in [0.05, 0.1) is 26.2 Å². The first-order valence-corrected chi connectivity index (χ1v) is 10.5. The van der Waals surface area contributed by atoms with Gasteiger partial charge in [0.2, 0.25) is 22.7 Å². The lowest BCUT2D eigenvalue weighted by Gasteiger charge is -2.24. The Balaban J connectivity index is 1.73. The van der Waals surface area contributed by atoms with Gasteiger partial charge in [0.1, 0.15) is 18.0 Å². The lowest BCUT2D eigenvalue weighted by molar-refractivity contribution is -0.119. The predicted molar refractivity (Wildman–Crippen MR) is 106 cm³/mol. The first kappa shape index (κ1) is 20.6. The summed E-state index contributed by atoms with van der Waals surface area (Å²) in [4.78, 5) is 12.5. The maximum atomic E-state index is 12.5. The van der Waals surface area contributed by atoms with Crippen LogP contribution in [-0.2, 0) is 21.4 Å². The molecule has 2 aromatic carbocycles. The molecule has 0 unspecified atom stereocenters. The molecule has 0 saturated heterocycles. The zero-order chi connectivity index (χ0) is 21.0. The van der Waals surface area contributed by atoms with Crippen LogP contribution in [0.2, 0.25) is 0 Å². The largest absolute Gasteiger partial charge is 0.497 e. The van der Waals surface area contributed by atoms with Crippen molar-refractivity contribution in [2.45, 2.75) is 6.54 Å². The summed E-state index contributed by atoms with van der Waals surface area (Å²) in [7, 11) is -0.833. The summed E-state index contributed by atoms with van der Waals surface area (Å²) < 4.78 is 46.6. The van der Waals surface area contributed by atoms with Gasteiger partial charge in [-0.05, 0) is 29.8 Å². The van der Waals surface area contributed by atoms with Crippen LogP contribution < -0.4 is 28.6 Å². The van der Waals surface area contributed by atoms with Gasteiger partial charge in [-0.25, -0.2) is 8.42 Å². The second-order valence-electron chi connectivity index (χ2n) is 6.27. The zero-order valence-electron chi connectivity index (χ0n) is 16.3. The second kappa shape index (κ2) is 8.48. The van der Waals surface area contributed by atoms with Crippen LogP contribution >= 0.6 is 0 Å². The third-order valence-corrected chi connectivity index (χ3v) is 5.40. The van der Waals surface area contributed by atoms with Crippen molar-refractivity contribution < 1.29 is 32.2 Å². The number of hydrogen-bond acceptors (Lipinski definition) is 7. The third kappa shape index (κ3) is 4.83. The number of benzene rings is 2. The molecule has 0 aliphatic carbocycles. The van der Waals surface area contributed by atoms with E-state index in [4.69, 9.17) is 18.9 Å². The Kier molecular flexibility index (Phi) is 6.02. The standard InChI is InChI=1S/C19H22N2O7S/c1-25-14-5-6-15(17(9-14)26-2)21(29(3,23)24)11-19(22)20-10-13-4-7-16-18(8-13)28-12-27-16/h4-9H,10-12H2,1-3H3,(H,20,22). The fraction of sp³-hybridized carbons (Fsp3) is 0.316. The normalized spacial score (nSPS) is 12.4. The number of nitrogens with one attached hydrogen (secondary N) is 1. The summed E-state index contributed by atoms with van der Waals surface area (Å²) in [6.07, 6.45) is 1.03.